The Morgan fingerprint density at radius 3 is 2.22 bits per heavy atom. The van der Waals surface area contributed by atoms with Crippen molar-refractivity contribution in [1.82, 2.24) is 5.32 Å². The number of hydrogen-bond donors (Lipinski definition) is 2. The summed E-state index contributed by atoms with van der Waals surface area (Å²) in [6, 6.07) is 8.64. The van der Waals surface area contributed by atoms with Crippen LogP contribution in [0.5, 0.6) is 0 Å². The minimum atomic E-state index is 0.0733. The summed E-state index contributed by atoms with van der Waals surface area (Å²) in [5.41, 5.74) is 1.11. The molecule has 2 rings (SSSR count). The molecule has 1 aromatic rings. The number of halogens is 1. The molecule has 0 saturated heterocycles. The van der Waals surface area contributed by atoms with Crippen LogP contribution in [0.15, 0.2) is 24.3 Å². The molecule has 1 saturated carbocycles. The number of anilines is 1. The zero-order valence-corrected chi connectivity index (χ0v) is 11.3. The third-order valence-corrected chi connectivity index (χ3v) is 3.60. The number of rotatable bonds is 3. The topological polar surface area (TPSA) is 41.1 Å². The van der Waals surface area contributed by atoms with E-state index in [1.165, 1.54) is 0 Å². The van der Waals surface area contributed by atoms with Gasteiger partial charge in [0.15, 0.2) is 0 Å². The highest BCUT2D eigenvalue weighted by Gasteiger charge is 2.21. The Morgan fingerprint density at radius 2 is 1.67 bits per heavy atom. The van der Waals surface area contributed by atoms with Crippen LogP contribution in [0.25, 0.3) is 0 Å². The van der Waals surface area contributed by atoms with Crippen LogP contribution in [0.1, 0.15) is 32.6 Å². The number of carbonyl (C=O) groups excluding carboxylic acids is 1. The first-order chi connectivity index (χ1) is 8.63. The highest BCUT2D eigenvalue weighted by molar-refractivity contribution is 6.30. The van der Waals surface area contributed by atoms with Gasteiger partial charge in [-0.25, -0.2) is 0 Å². The van der Waals surface area contributed by atoms with Crippen LogP contribution in [-0.2, 0) is 4.79 Å². The van der Waals surface area contributed by atoms with E-state index in [0.717, 1.165) is 36.4 Å². The fourth-order valence-electron chi connectivity index (χ4n) is 2.45. The van der Waals surface area contributed by atoms with E-state index in [1.54, 1.807) is 6.92 Å². The lowest BCUT2D eigenvalue weighted by atomic mass is 9.91. The lowest BCUT2D eigenvalue weighted by molar-refractivity contribution is -0.119. The van der Waals surface area contributed by atoms with Crippen molar-refractivity contribution in [3.8, 4) is 0 Å². The van der Waals surface area contributed by atoms with Crippen LogP contribution in [0.4, 0.5) is 5.69 Å². The summed E-state index contributed by atoms with van der Waals surface area (Å²) >= 11 is 5.85. The molecule has 18 heavy (non-hydrogen) atoms. The summed E-state index contributed by atoms with van der Waals surface area (Å²) in [6.07, 6.45) is 4.27. The lowest BCUT2D eigenvalue weighted by Gasteiger charge is -2.30. The Labute approximate surface area is 113 Å². The van der Waals surface area contributed by atoms with E-state index in [9.17, 15) is 4.79 Å². The number of hydrogen-bond acceptors (Lipinski definition) is 2. The largest absolute Gasteiger partial charge is 0.382 e. The Hall–Kier alpha value is -1.22. The van der Waals surface area contributed by atoms with Gasteiger partial charge in [0, 0.05) is 29.7 Å². The second-order valence-electron chi connectivity index (χ2n) is 4.90. The van der Waals surface area contributed by atoms with E-state index in [1.807, 2.05) is 24.3 Å². The maximum absolute atomic E-state index is 11.0. The number of carbonyl (C=O) groups is 1. The Kier molecular flexibility index (Phi) is 4.48. The molecular formula is C14H19ClN2O. The molecule has 0 radical (unpaired) electrons. The first-order valence-electron chi connectivity index (χ1n) is 6.42. The summed E-state index contributed by atoms with van der Waals surface area (Å²) in [7, 11) is 0. The average molecular weight is 267 g/mol. The Balaban J connectivity index is 1.79. The highest BCUT2D eigenvalue weighted by atomic mass is 35.5. The van der Waals surface area contributed by atoms with Gasteiger partial charge in [0.1, 0.15) is 0 Å². The van der Waals surface area contributed by atoms with Crippen molar-refractivity contribution in [2.24, 2.45) is 0 Å². The zero-order chi connectivity index (χ0) is 13.0. The summed E-state index contributed by atoms with van der Waals surface area (Å²) in [5, 5.41) is 7.26. The minimum Gasteiger partial charge on any atom is -0.382 e. The second kappa shape index (κ2) is 6.10. The molecular weight excluding hydrogens is 248 g/mol. The molecule has 0 heterocycles. The predicted octanol–water partition coefficient (Wildman–Crippen LogP) is 3.20. The van der Waals surface area contributed by atoms with Crippen molar-refractivity contribution in [2.45, 2.75) is 44.7 Å². The van der Waals surface area contributed by atoms with E-state index >= 15 is 0 Å². The van der Waals surface area contributed by atoms with Gasteiger partial charge in [-0.15, -0.1) is 0 Å². The third kappa shape index (κ3) is 3.91. The monoisotopic (exact) mass is 266 g/mol. The molecule has 3 nitrogen and oxygen atoms in total. The maximum atomic E-state index is 11.0. The van der Waals surface area contributed by atoms with E-state index in [4.69, 9.17) is 11.6 Å². The van der Waals surface area contributed by atoms with Crippen molar-refractivity contribution >= 4 is 23.2 Å². The van der Waals surface area contributed by atoms with Crippen molar-refractivity contribution in [2.75, 3.05) is 5.32 Å². The van der Waals surface area contributed by atoms with Gasteiger partial charge in [0.05, 0.1) is 0 Å². The normalized spacial score (nSPS) is 23.4. The molecule has 2 N–H and O–H groups in total. The summed E-state index contributed by atoms with van der Waals surface area (Å²) in [5.74, 6) is 0.0733. The molecule has 1 aromatic carbocycles. The highest BCUT2D eigenvalue weighted by Crippen LogP contribution is 2.23. The van der Waals surface area contributed by atoms with Gasteiger partial charge in [-0.05, 0) is 49.9 Å². The quantitative estimate of drug-likeness (QED) is 0.882. The molecule has 4 heteroatoms. The molecule has 0 atom stereocenters. The van der Waals surface area contributed by atoms with Crippen LogP contribution < -0.4 is 10.6 Å². The van der Waals surface area contributed by atoms with Crippen molar-refractivity contribution in [3.63, 3.8) is 0 Å². The number of benzene rings is 1. The fourth-order valence-corrected chi connectivity index (χ4v) is 2.58. The predicted molar refractivity (Wildman–Crippen MR) is 74.9 cm³/mol. The molecule has 0 aliphatic heterocycles. The molecule has 0 bridgehead atoms. The molecule has 0 unspecified atom stereocenters. The molecule has 1 aliphatic rings. The standard InChI is InChI=1S/C14H19ClN2O/c1-10(18)16-12-6-8-14(9-7-12)17-13-4-2-11(15)3-5-13/h2-5,12,14,17H,6-9H2,1H3,(H,16,18). The van der Waals surface area contributed by atoms with E-state index in [-0.39, 0.29) is 5.91 Å². The van der Waals surface area contributed by atoms with Crippen LogP contribution in [0, 0.1) is 0 Å². The van der Waals surface area contributed by atoms with Gasteiger partial charge in [-0.2, -0.15) is 0 Å². The van der Waals surface area contributed by atoms with Crippen molar-refractivity contribution in [3.05, 3.63) is 29.3 Å². The molecule has 98 valence electrons. The van der Waals surface area contributed by atoms with Crippen molar-refractivity contribution in [1.29, 1.82) is 0 Å². The molecule has 0 aromatic heterocycles. The average Bonchev–Trinajstić information content (AvgIpc) is 2.34. The van der Waals surface area contributed by atoms with Gasteiger partial charge < -0.3 is 10.6 Å². The molecule has 0 spiro atoms. The maximum Gasteiger partial charge on any atom is 0.217 e. The molecule has 1 fully saturated rings. The van der Waals surface area contributed by atoms with E-state index in [0.29, 0.717) is 12.1 Å². The zero-order valence-electron chi connectivity index (χ0n) is 10.6. The summed E-state index contributed by atoms with van der Waals surface area (Å²) in [6.45, 7) is 1.58. The van der Waals surface area contributed by atoms with E-state index in [2.05, 4.69) is 10.6 Å². The van der Waals surface area contributed by atoms with E-state index < -0.39 is 0 Å². The van der Waals surface area contributed by atoms with Gasteiger partial charge in [-0.1, -0.05) is 11.6 Å². The third-order valence-electron chi connectivity index (χ3n) is 3.35. The van der Waals surface area contributed by atoms with Gasteiger partial charge >= 0.3 is 0 Å². The summed E-state index contributed by atoms with van der Waals surface area (Å²) < 4.78 is 0. The SMILES string of the molecule is CC(=O)NC1CCC(Nc2ccc(Cl)cc2)CC1. The molecule has 1 aliphatic carbocycles. The molecule has 1 amide bonds. The Bertz CT molecular complexity index is 397. The number of amides is 1. The first kappa shape index (κ1) is 13.2. The Morgan fingerprint density at radius 1 is 1.11 bits per heavy atom. The van der Waals surface area contributed by atoms with Crippen LogP contribution in [-0.4, -0.2) is 18.0 Å². The van der Waals surface area contributed by atoms with Crippen LogP contribution in [0.3, 0.4) is 0 Å². The second-order valence-corrected chi connectivity index (χ2v) is 5.34. The van der Waals surface area contributed by atoms with Gasteiger partial charge in [0.2, 0.25) is 5.91 Å². The first-order valence-corrected chi connectivity index (χ1v) is 6.80. The minimum absolute atomic E-state index is 0.0733. The number of nitrogens with one attached hydrogen (secondary N) is 2. The van der Waals surface area contributed by atoms with Crippen molar-refractivity contribution < 1.29 is 4.79 Å². The fraction of sp³-hybridized carbons (Fsp3) is 0.500. The lowest BCUT2D eigenvalue weighted by Crippen LogP contribution is -2.39. The van der Waals surface area contributed by atoms with Gasteiger partial charge in [-0.3, -0.25) is 4.79 Å². The smallest absolute Gasteiger partial charge is 0.217 e. The van der Waals surface area contributed by atoms with Crippen LogP contribution in [0.2, 0.25) is 5.02 Å². The summed E-state index contributed by atoms with van der Waals surface area (Å²) in [4.78, 5) is 11.0. The van der Waals surface area contributed by atoms with Gasteiger partial charge in [0.25, 0.3) is 0 Å². The van der Waals surface area contributed by atoms with Crippen LogP contribution >= 0.6 is 11.6 Å².